The van der Waals surface area contributed by atoms with Gasteiger partial charge in [-0.25, -0.2) is 0 Å². The van der Waals surface area contributed by atoms with Crippen LogP contribution in [0.2, 0.25) is 0 Å². The number of rotatable bonds is 4. The highest BCUT2D eigenvalue weighted by molar-refractivity contribution is 9.10. The van der Waals surface area contributed by atoms with Crippen LogP contribution in [0.3, 0.4) is 0 Å². The molecule has 7 heteroatoms. The predicted molar refractivity (Wildman–Crippen MR) is 92.6 cm³/mol. The van der Waals surface area contributed by atoms with Gasteiger partial charge in [0.2, 0.25) is 5.91 Å². The number of carbonyl (C=O) groups is 1. The van der Waals surface area contributed by atoms with E-state index in [9.17, 15) is 9.00 Å². The Bertz CT molecular complexity index is 690. The second kappa shape index (κ2) is 7.20. The number of benzene rings is 2. The Kier molecular flexibility index (Phi) is 5.55. The molecule has 0 heterocycles. The van der Waals surface area contributed by atoms with Gasteiger partial charge in [0.25, 0.3) is 0 Å². The zero-order valence-electron chi connectivity index (χ0n) is 10.8. The number of halogens is 2. The molecule has 0 saturated carbocycles. The number of hydrogen-bond donors (Lipinski definition) is 2. The first-order valence-corrected chi connectivity index (χ1v) is 8.85. The fraction of sp³-hybridized carbons (Fsp3) is 0.0714. The number of nitrogens with two attached hydrogens (primary N) is 1. The van der Waals surface area contributed by atoms with Gasteiger partial charge in [0.05, 0.1) is 15.7 Å². The molecule has 0 saturated heterocycles. The maximum absolute atomic E-state index is 12.2. The van der Waals surface area contributed by atoms with E-state index < -0.39 is 10.8 Å². The van der Waals surface area contributed by atoms with Gasteiger partial charge < -0.3 is 11.1 Å². The lowest BCUT2D eigenvalue weighted by atomic mass is 10.3. The molecule has 2 rings (SSSR count). The van der Waals surface area contributed by atoms with Gasteiger partial charge >= 0.3 is 0 Å². The number of hydrogen-bond acceptors (Lipinski definition) is 3. The number of carbonyl (C=O) groups excluding carboxylic acids is 1. The van der Waals surface area contributed by atoms with E-state index in [1.54, 1.807) is 30.3 Å². The van der Waals surface area contributed by atoms with Crippen LogP contribution in [0.5, 0.6) is 0 Å². The van der Waals surface area contributed by atoms with Gasteiger partial charge in [0.15, 0.2) is 0 Å². The Morgan fingerprint density at radius 2 is 1.81 bits per heavy atom. The highest BCUT2D eigenvalue weighted by Crippen LogP contribution is 2.23. The topological polar surface area (TPSA) is 72.2 Å². The second-order valence-corrected chi connectivity index (χ2v) is 7.42. The SMILES string of the molecule is Nc1ccc(S(=O)CC(=O)Nc2ccc(Br)cc2)c(Br)c1. The zero-order valence-corrected chi connectivity index (χ0v) is 14.8. The van der Waals surface area contributed by atoms with E-state index in [0.29, 0.717) is 20.7 Å². The monoisotopic (exact) mass is 430 g/mol. The summed E-state index contributed by atoms with van der Waals surface area (Å²) in [5.74, 6) is -0.419. The van der Waals surface area contributed by atoms with Crippen molar-refractivity contribution in [3.05, 3.63) is 51.4 Å². The number of anilines is 2. The smallest absolute Gasteiger partial charge is 0.237 e. The van der Waals surface area contributed by atoms with E-state index in [2.05, 4.69) is 37.2 Å². The predicted octanol–water partition coefficient (Wildman–Crippen LogP) is 3.54. The summed E-state index contributed by atoms with van der Waals surface area (Å²) in [5, 5.41) is 2.71. The summed E-state index contributed by atoms with van der Waals surface area (Å²) in [6.45, 7) is 0. The van der Waals surface area contributed by atoms with Crippen molar-refractivity contribution in [3.8, 4) is 0 Å². The normalized spacial score (nSPS) is 11.9. The Morgan fingerprint density at radius 3 is 2.43 bits per heavy atom. The Morgan fingerprint density at radius 1 is 1.14 bits per heavy atom. The molecule has 0 radical (unpaired) electrons. The molecule has 0 spiro atoms. The van der Waals surface area contributed by atoms with Crippen molar-refractivity contribution in [2.75, 3.05) is 16.8 Å². The highest BCUT2D eigenvalue weighted by Gasteiger charge is 2.13. The van der Waals surface area contributed by atoms with Crippen LogP contribution in [0.1, 0.15) is 0 Å². The van der Waals surface area contributed by atoms with Crippen molar-refractivity contribution in [2.45, 2.75) is 4.90 Å². The molecule has 4 nitrogen and oxygen atoms in total. The summed E-state index contributed by atoms with van der Waals surface area (Å²) in [5.41, 5.74) is 6.87. The number of amides is 1. The summed E-state index contributed by atoms with van der Waals surface area (Å²) >= 11 is 6.62. The maximum Gasteiger partial charge on any atom is 0.237 e. The molecule has 1 unspecified atom stereocenters. The summed E-state index contributed by atoms with van der Waals surface area (Å²) in [7, 11) is -1.44. The Balaban J connectivity index is 2.02. The molecule has 0 bridgehead atoms. The van der Waals surface area contributed by atoms with E-state index in [0.717, 1.165) is 4.47 Å². The van der Waals surface area contributed by atoms with Gasteiger partial charge in [0, 0.05) is 20.3 Å². The Hall–Kier alpha value is -1.18. The third-order valence-corrected chi connectivity index (χ3v) is 5.41. The molecule has 0 aliphatic heterocycles. The maximum atomic E-state index is 12.2. The van der Waals surface area contributed by atoms with Crippen LogP contribution in [-0.2, 0) is 15.6 Å². The van der Waals surface area contributed by atoms with E-state index in [-0.39, 0.29) is 11.7 Å². The molecular weight excluding hydrogens is 420 g/mol. The number of nitrogens with one attached hydrogen (secondary N) is 1. The lowest BCUT2D eigenvalue weighted by molar-refractivity contribution is -0.113. The van der Waals surface area contributed by atoms with E-state index >= 15 is 0 Å². The lowest BCUT2D eigenvalue weighted by Gasteiger charge is -2.07. The van der Waals surface area contributed by atoms with Crippen LogP contribution in [0.25, 0.3) is 0 Å². The van der Waals surface area contributed by atoms with Crippen molar-refractivity contribution in [2.24, 2.45) is 0 Å². The largest absolute Gasteiger partial charge is 0.399 e. The summed E-state index contributed by atoms with van der Waals surface area (Å²) < 4.78 is 13.8. The fourth-order valence-corrected chi connectivity index (χ4v) is 3.79. The van der Waals surface area contributed by atoms with E-state index in [4.69, 9.17) is 5.73 Å². The van der Waals surface area contributed by atoms with Crippen LogP contribution in [0.15, 0.2) is 56.3 Å². The molecule has 21 heavy (non-hydrogen) atoms. The van der Waals surface area contributed by atoms with Crippen molar-refractivity contribution >= 4 is 59.9 Å². The Labute approximate surface area is 141 Å². The van der Waals surface area contributed by atoms with Crippen molar-refractivity contribution < 1.29 is 9.00 Å². The van der Waals surface area contributed by atoms with E-state index in [1.807, 2.05) is 12.1 Å². The molecule has 2 aromatic rings. The van der Waals surface area contributed by atoms with Crippen LogP contribution in [0.4, 0.5) is 11.4 Å². The van der Waals surface area contributed by atoms with Gasteiger partial charge in [-0.05, 0) is 58.4 Å². The minimum atomic E-state index is -1.44. The standard InChI is InChI=1S/C14H12Br2N2O2S/c15-9-1-4-11(5-2-9)18-14(19)8-21(20)13-6-3-10(17)7-12(13)16/h1-7H,8,17H2,(H,18,19). The van der Waals surface area contributed by atoms with Gasteiger partial charge in [0.1, 0.15) is 5.75 Å². The van der Waals surface area contributed by atoms with Crippen molar-refractivity contribution in [1.82, 2.24) is 0 Å². The molecule has 1 amide bonds. The first-order chi connectivity index (χ1) is 9.95. The van der Waals surface area contributed by atoms with E-state index in [1.165, 1.54) is 0 Å². The first kappa shape index (κ1) is 16.2. The summed E-state index contributed by atoms with van der Waals surface area (Å²) in [4.78, 5) is 12.5. The molecule has 2 aromatic carbocycles. The zero-order chi connectivity index (χ0) is 15.4. The highest BCUT2D eigenvalue weighted by atomic mass is 79.9. The molecule has 0 aliphatic carbocycles. The summed E-state index contributed by atoms with van der Waals surface area (Å²) in [6.07, 6.45) is 0. The minimum Gasteiger partial charge on any atom is -0.399 e. The average Bonchev–Trinajstić information content (AvgIpc) is 2.41. The van der Waals surface area contributed by atoms with Crippen molar-refractivity contribution in [1.29, 1.82) is 0 Å². The lowest BCUT2D eigenvalue weighted by Crippen LogP contribution is -2.19. The molecule has 1 atom stereocenters. The third kappa shape index (κ3) is 4.66. The second-order valence-electron chi connectivity index (χ2n) is 4.23. The molecule has 0 aliphatic rings. The molecule has 110 valence electrons. The summed E-state index contributed by atoms with van der Waals surface area (Å²) in [6, 6.07) is 12.2. The van der Waals surface area contributed by atoms with Crippen molar-refractivity contribution in [3.63, 3.8) is 0 Å². The van der Waals surface area contributed by atoms with Gasteiger partial charge in [-0.1, -0.05) is 15.9 Å². The minimum absolute atomic E-state index is 0.113. The fourth-order valence-electron chi connectivity index (χ4n) is 1.63. The quantitative estimate of drug-likeness (QED) is 0.727. The van der Waals surface area contributed by atoms with Crippen LogP contribution in [0, 0.1) is 0 Å². The van der Waals surface area contributed by atoms with Crippen LogP contribution < -0.4 is 11.1 Å². The third-order valence-electron chi connectivity index (χ3n) is 2.59. The molecule has 0 aromatic heterocycles. The van der Waals surface area contributed by atoms with Gasteiger partial charge in [-0.3, -0.25) is 9.00 Å². The van der Waals surface area contributed by atoms with Crippen LogP contribution in [-0.4, -0.2) is 15.9 Å². The molecule has 0 fully saturated rings. The molecule has 3 N–H and O–H groups in total. The molecular formula is C14H12Br2N2O2S. The van der Waals surface area contributed by atoms with Gasteiger partial charge in [-0.2, -0.15) is 0 Å². The van der Waals surface area contributed by atoms with Crippen LogP contribution >= 0.6 is 31.9 Å². The average molecular weight is 432 g/mol. The van der Waals surface area contributed by atoms with Gasteiger partial charge in [-0.15, -0.1) is 0 Å². The number of nitrogen functional groups attached to an aromatic ring is 1. The first-order valence-electron chi connectivity index (χ1n) is 5.94.